The summed E-state index contributed by atoms with van der Waals surface area (Å²) < 4.78 is 0. The monoisotopic (exact) mass is 582 g/mol. The van der Waals surface area contributed by atoms with E-state index in [1.165, 1.54) is 33.0 Å². The molecule has 0 saturated heterocycles. The molecule has 6 aromatic carbocycles. The van der Waals surface area contributed by atoms with Crippen molar-refractivity contribution >= 4 is 43.2 Å². The average molecular weight is 583 g/mol. The Bertz CT molecular complexity index is 1240. The molecule has 1 aliphatic rings. The van der Waals surface area contributed by atoms with Crippen LogP contribution in [0.3, 0.4) is 0 Å². The van der Waals surface area contributed by atoms with Crippen molar-refractivity contribution in [3.05, 3.63) is 175 Å². The van der Waals surface area contributed by atoms with Crippen LogP contribution in [0.25, 0.3) is 21.9 Å². The van der Waals surface area contributed by atoms with Crippen molar-refractivity contribution in [3.63, 3.8) is 0 Å². The summed E-state index contributed by atoms with van der Waals surface area (Å²) in [6, 6.07) is 57.8. The van der Waals surface area contributed by atoms with Gasteiger partial charge in [0.15, 0.2) is 0 Å². The van der Waals surface area contributed by atoms with Gasteiger partial charge in [0.05, 0.1) is 0 Å². The average Bonchev–Trinajstić information content (AvgIpc) is 3.62. The van der Waals surface area contributed by atoms with Gasteiger partial charge in [0.2, 0.25) is 0 Å². The molecule has 0 aliphatic heterocycles. The Labute approximate surface area is 253 Å². The Morgan fingerprint density at radius 3 is 1.74 bits per heavy atom. The third kappa shape index (κ3) is 10.9. The molecular weight excluding hydrogens is 555 g/mol. The van der Waals surface area contributed by atoms with Crippen molar-refractivity contribution in [3.8, 4) is 11.1 Å². The summed E-state index contributed by atoms with van der Waals surface area (Å²) in [4.78, 5) is 0. The molecular formula is C34H28Cl2SiTi-4. The van der Waals surface area contributed by atoms with Gasteiger partial charge in [-0.15, -0.1) is 60.0 Å². The van der Waals surface area contributed by atoms with Crippen molar-refractivity contribution in [1.82, 2.24) is 0 Å². The topological polar surface area (TPSA) is 0 Å². The zero-order chi connectivity index (χ0) is 25.3. The van der Waals surface area contributed by atoms with Crippen molar-refractivity contribution < 1.29 is 19.2 Å². The van der Waals surface area contributed by atoms with E-state index >= 15 is 0 Å². The number of rotatable bonds is 0. The van der Waals surface area contributed by atoms with Gasteiger partial charge in [0.1, 0.15) is 0 Å². The van der Waals surface area contributed by atoms with Gasteiger partial charge >= 0.3 is 26.8 Å². The summed E-state index contributed by atoms with van der Waals surface area (Å²) >= 11 is 1.81. The fourth-order valence-corrected chi connectivity index (χ4v) is 3.75. The molecule has 4 heteroatoms. The Hall–Kier alpha value is -2.78. The van der Waals surface area contributed by atoms with E-state index in [9.17, 15) is 0 Å². The van der Waals surface area contributed by atoms with Gasteiger partial charge in [-0.1, -0.05) is 41.5 Å². The van der Waals surface area contributed by atoms with Crippen LogP contribution >= 0.6 is 24.8 Å². The van der Waals surface area contributed by atoms with Gasteiger partial charge in [-0.3, -0.25) is 0 Å². The van der Waals surface area contributed by atoms with Gasteiger partial charge in [-0.2, -0.15) is 120 Å². The molecule has 0 atom stereocenters. The van der Waals surface area contributed by atoms with Gasteiger partial charge in [-0.25, -0.2) is 0 Å². The molecule has 1 aliphatic carbocycles. The third-order valence-electron chi connectivity index (χ3n) is 5.38. The number of hydrogen-bond acceptors (Lipinski definition) is 0. The van der Waals surface area contributed by atoms with Gasteiger partial charge in [0, 0.05) is 0 Å². The molecule has 0 nitrogen and oxygen atoms in total. The van der Waals surface area contributed by atoms with Crippen LogP contribution in [0.5, 0.6) is 0 Å². The number of fused-ring (bicyclic) bond motifs is 4. The second-order valence-electron chi connectivity index (χ2n) is 7.71. The predicted molar refractivity (Wildman–Crippen MR) is 164 cm³/mol. The van der Waals surface area contributed by atoms with E-state index in [1.807, 2.05) is 66.7 Å². The molecule has 0 amide bonds. The molecule has 6 aromatic rings. The van der Waals surface area contributed by atoms with Gasteiger partial charge < -0.3 is 0 Å². The predicted octanol–water partition coefficient (Wildman–Crippen LogP) is 9.05. The van der Waals surface area contributed by atoms with Crippen LogP contribution in [0.1, 0.15) is 11.1 Å². The molecule has 38 heavy (non-hydrogen) atoms. The minimum absolute atomic E-state index is 0. The quantitative estimate of drug-likeness (QED) is 0.123. The van der Waals surface area contributed by atoms with Crippen LogP contribution in [-0.2, 0) is 25.6 Å². The van der Waals surface area contributed by atoms with E-state index in [0.29, 0.717) is 0 Å². The molecule has 0 unspecified atom stereocenters. The Morgan fingerprint density at radius 1 is 0.579 bits per heavy atom. The molecule has 0 saturated carbocycles. The smallest absolute Gasteiger partial charge is 0.0253 e. The van der Waals surface area contributed by atoms with E-state index < -0.39 is 0 Å². The van der Waals surface area contributed by atoms with Gasteiger partial charge in [0.25, 0.3) is 0 Å². The number of benzene rings is 5. The minimum atomic E-state index is 0. The summed E-state index contributed by atoms with van der Waals surface area (Å²) in [5.74, 6) is 0. The first-order chi connectivity index (χ1) is 17.9. The van der Waals surface area contributed by atoms with Crippen LogP contribution in [0.15, 0.2) is 146 Å². The van der Waals surface area contributed by atoms with E-state index in [1.54, 1.807) is 19.2 Å². The number of hydrogen-bond donors (Lipinski definition) is 0. The minimum Gasteiger partial charge on any atom is -0.184 e. The molecule has 0 bridgehead atoms. The van der Waals surface area contributed by atoms with Crippen molar-refractivity contribution in [2.75, 3.05) is 0 Å². The molecule has 7 rings (SSSR count). The number of halogens is 2. The molecule has 190 valence electrons. The van der Waals surface area contributed by atoms with E-state index in [4.69, 9.17) is 0 Å². The molecule has 0 spiro atoms. The first-order valence-electron chi connectivity index (χ1n) is 11.7. The van der Waals surface area contributed by atoms with Gasteiger partial charge in [-0.05, 0) is 6.42 Å². The summed E-state index contributed by atoms with van der Waals surface area (Å²) in [5.41, 5.74) is 5.51. The second-order valence-corrected chi connectivity index (χ2v) is 7.71. The molecule has 0 heterocycles. The van der Waals surface area contributed by atoms with E-state index in [-0.39, 0.29) is 24.8 Å². The van der Waals surface area contributed by atoms with Crippen molar-refractivity contribution in [1.29, 1.82) is 0 Å². The maximum absolute atomic E-state index is 3.30. The van der Waals surface area contributed by atoms with Crippen molar-refractivity contribution in [2.45, 2.75) is 6.42 Å². The Kier molecular flexibility index (Phi) is 17.7. The second kappa shape index (κ2) is 20.2. The van der Waals surface area contributed by atoms with Crippen LogP contribution in [0.4, 0.5) is 0 Å². The van der Waals surface area contributed by atoms with E-state index in [2.05, 4.69) is 105 Å². The summed E-state index contributed by atoms with van der Waals surface area (Å²) in [6.45, 7) is 0. The zero-order valence-electron chi connectivity index (χ0n) is 20.9. The molecule has 0 fully saturated rings. The van der Waals surface area contributed by atoms with Crippen LogP contribution in [0.2, 0.25) is 0 Å². The van der Waals surface area contributed by atoms with Crippen LogP contribution in [0, 0.1) is 18.2 Å². The summed E-state index contributed by atoms with van der Waals surface area (Å²) in [6.07, 6.45) is 1.05. The Morgan fingerprint density at radius 2 is 1.16 bits per heavy atom. The first-order valence-corrected chi connectivity index (χ1v) is 14.5. The van der Waals surface area contributed by atoms with Crippen LogP contribution in [-0.4, -0.2) is 7.63 Å². The standard InChI is InChI=1S/C13H9.C9H7.2C6H5.2ClH.Si.Ti/c1-3-7-12-10(5-1)9-11-6-2-4-8-13(11)12;1-2-5-9-7-3-6-8(9)4-1;2*1-2-4-6-5-3-1;;;;/h1-5,7-8H,9H2;1-7H;2*1-5H;2*1H;;/q4*-1;;;;. The largest absolute Gasteiger partial charge is 0.184 e. The molecule has 2 radical (unpaired) electrons. The molecule has 0 aromatic heterocycles. The fraction of sp³-hybridized carbons (Fsp3) is 0.0294. The molecule has 0 N–H and O–H groups in total. The first kappa shape index (κ1) is 33.2. The normalized spacial score (nSPS) is 9.24. The zero-order valence-corrected chi connectivity index (χ0v) is 25.1. The Balaban J connectivity index is 0.000000256. The maximum atomic E-state index is 3.30. The van der Waals surface area contributed by atoms with Crippen LogP contribution < -0.4 is 0 Å². The summed E-state index contributed by atoms with van der Waals surface area (Å²) in [7, 11) is 2.97. The third-order valence-corrected chi connectivity index (χ3v) is 5.38. The maximum Gasteiger partial charge on any atom is -0.0253 e. The fourth-order valence-electron chi connectivity index (χ4n) is 3.75. The van der Waals surface area contributed by atoms with Crippen molar-refractivity contribution in [2.24, 2.45) is 0 Å². The summed E-state index contributed by atoms with van der Waals surface area (Å²) in [5, 5.41) is 2.66. The SMILES string of the molecule is Cl.Cl.[Si]=[Ti].[c-]1cccc2c1Cc1ccccc1-2.[c-]1ccccc1.[c-]1ccccc1.c1ccc2[cH-]ccc2c1. The van der Waals surface area contributed by atoms with E-state index in [0.717, 1.165) is 6.42 Å².